The number of nitrogens with two attached hydrogens (primary N) is 4. The van der Waals surface area contributed by atoms with E-state index in [0.717, 1.165) is 6.08 Å². The molecule has 10 atom stereocenters. The highest BCUT2D eigenvalue weighted by atomic mass is 35.5. The van der Waals surface area contributed by atoms with Gasteiger partial charge in [0.25, 0.3) is 5.91 Å². The molecule has 0 spiro atoms. The number of carbonyl (C=O) groups excluding carboxylic acids is 9. The predicted octanol–water partition coefficient (Wildman–Crippen LogP) is -9.08. The lowest BCUT2D eigenvalue weighted by atomic mass is 10.0. The molecule has 0 radical (unpaired) electrons. The Morgan fingerprint density at radius 3 is 1.55 bits per heavy atom. The number of nitrogens with one attached hydrogen (secondary N) is 9. The number of aliphatic hydroxyl groups is 4. The van der Waals surface area contributed by atoms with Crippen LogP contribution < -0.4 is 70.8 Å². The summed E-state index contributed by atoms with van der Waals surface area (Å²) >= 11 is 5.78. The number of hydrogen-bond donors (Lipinski definition) is 18. The Bertz CT molecular complexity index is 2100. The van der Waals surface area contributed by atoms with E-state index in [9.17, 15) is 73.5 Å². The number of hydrogen-bond acceptors (Lipinski definition) is 17. The number of aliphatic imine (C=N–C) groups is 1. The Hall–Kier alpha value is -7.02. The average molecular weight is 1030 g/mol. The third kappa shape index (κ3) is 19.4. The van der Waals surface area contributed by atoms with E-state index >= 15 is 0 Å². The second kappa shape index (κ2) is 30.6. The van der Waals surface area contributed by atoms with Crippen molar-refractivity contribution in [2.45, 2.75) is 99.6 Å². The maximum Gasteiger partial charge on any atom is 0.335 e. The lowest BCUT2D eigenvalue weighted by Crippen LogP contribution is -2.64. The van der Waals surface area contributed by atoms with Gasteiger partial charge in [-0.3, -0.25) is 48.1 Å². The minimum absolute atomic E-state index is 0.0363. The number of carbonyl (C=O) groups is 10. The molecule has 1 aliphatic heterocycles. The number of nitrogens with zero attached hydrogens (tertiary/aromatic N) is 1. The molecule has 1 aromatic rings. The van der Waals surface area contributed by atoms with Gasteiger partial charge < -0.3 is 96.3 Å². The monoisotopic (exact) mass is 1030 g/mol. The van der Waals surface area contributed by atoms with Gasteiger partial charge >= 0.3 is 5.97 Å². The lowest BCUT2D eigenvalue weighted by Gasteiger charge is -2.28. The zero-order valence-corrected chi connectivity index (χ0v) is 39.2. The fourth-order valence-corrected chi connectivity index (χ4v) is 6.69. The highest BCUT2D eigenvalue weighted by Gasteiger charge is 2.40. The molecule has 2 rings (SSSR count). The number of carboxylic acids is 1. The van der Waals surface area contributed by atoms with Crippen LogP contribution >= 0.6 is 11.6 Å². The van der Waals surface area contributed by atoms with Crippen LogP contribution in [0.3, 0.4) is 0 Å². The zero-order valence-electron chi connectivity index (χ0n) is 38.5. The number of rotatable bonds is 16. The molecule has 394 valence electrons. The van der Waals surface area contributed by atoms with Gasteiger partial charge in [0.1, 0.15) is 54.0 Å². The van der Waals surface area contributed by atoms with Crippen molar-refractivity contribution >= 4 is 76.7 Å². The summed E-state index contributed by atoms with van der Waals surface area (Å²) in [5.74, 6) is -14.3. The Balaban J connectivity index is 2.82. The Morgan fingerprint density at radius 2 is 1.10 bits per heavy atom. The van der Waals surface area contributed by atoms with Crippen molar-refractivity contribution in [3.63, 3.8) is 0 Å². The lowest BCUT2D eigenvalue weighted by molar-refractivity contribution is -0.152. The van der Waals surface area contributed by atoms with Crippen LogP contribution in [0.2, 0.25) is 0 Å². The molecule has 71 heavy (non-hydrogen) atoms. The predicted molar refractivity (Wildman–Crippen MR) is 249 cm³/mol. The molecule has 29 nitrogen and oxygen atoms in total. The van der Waals surface area contributed by atoms with Crippen molar-refractivity contribution in [2.75, 3.05) is 38.7 Å². The third-order valence-electron chi connectivity index (χ3n) is 10.4. The fourth-order valence-electron chi connectivity index (χ4n) is 6.51. The van der Waals surface area contributed by atoms with Gasteiger partial charge in [0.15, 0.2) is 12.1 Å². The molecule has 1 fully saturated rings. The first-order chi connectivity index (χ1) is 33.7. The molecular weight excluding hydrogens is 964 g/mol. The van der Waals surface area contributed by atoms with E-state index < -0.39 is 144 Å². The van der Waals surface area contributed by atoms with Crippen LogP contribution in [-0.2, 0) is 54.4 Å². The molecule has 1 aromatic carbocycles. The molecule has 30 heteroatoms. The Labute approximate surface area is 411 Å². The first-order valence-corrected chi connectivity index (χ1v) is 22.5. The van der Waals surface area contributed by atoms with Gasteiger partial charge in [0.2, 0.25) is 47.3 Å². The summed E-state index contributed by atoms with van der Waals surface area (Å²) < 4.78 is 0. The summed E-state index contributed by atoms with van der Waals surface area (Å²) in [7, 11) is 0. The van der Waals surface area contributed by atoms with Gasteiger partial charge in [-0.15, -0.1) is 11.6 Å². The molecule has 0 saturated carbocycles. The van der Waals surface area contributed by atoms with Gasteiger partial charge in [-0.2, -0.15) is 0 Å². The van der Waals surface area contributed by atoms with Gasteiger partial charge in [-0.25, -0.2) is 4.79 Å². The average Bonchev–Trinajstić information content (AvgIpc) is 3.34. The number of alkyl halides is 1. The van der Waals surface area contributed by atoms with Crippen molar-refractivity contribution in [1.29, 1.82) is 0 Å². The SMILES string of the molecule is C/C=C1\NC(=O)[C@H](Cc2ccccc2)NC(=O)[C@H](CCCN=C(N)N)NC(=O)[C@@H](CCN)NC(=O)[C@H](CCN)NC(=O)[C@@H](CO)NC(=O)C(CO)NC(=O)[C@H]([C@H](O)CCl)NC(=O)[C@H]([C@H](O)C(=O)O)NC1=O. The number of halogens is 1. The minimum atomic E-state index is -2.78. The molecule has 0 aliphatic carbocycles. The van der Waals surface area contributed by atoms with Crippen LogP contribution in [0.1, 0.15) is 38.2 Å². The van der Waals surface area contributed by atoms with E-state index in [4.69, 9.17) is 34.5 Å². The van der Waals surface area contributed by atoms with Crippen molar-refractivity contribution in [1.82, 2.24) is 47.9 Å². The standard InChI is InChI=1S/C41H63ClN14O15/c1-2-20-31(61)56-29(30(60)40(70)71)39(69)55-28(27(59)16-42)38(68)54-26(18-58)37(67)53-25(17-57)36(66)51-23(11-13-44)34(64)50-22(10-12-43)33(63)49-21(9-6-14-47-41(45)46)32(62)52-24(35(65)48-20)15-19-7-4-3-5-8-19/h2-5,7-8,21-30,57-60H,6,9-18,43-44H2,1H3,(H,48,65)(H,49,63)(H,50,64)(H,51,66)(H,52,62)(H,53,67)(H,54,68)(H,55,69)(H,56,61)(H,70,71)(H4,45,46,47)/b20-2-/t21-,22+,23-,24-,25+,26?,27+,28-,29-,30-/m0/s1. The van der Waals surface area contributed by atoms with Crippen LogP contribution in [0.4, 0.5) is 0 Å². The maximum atomic E-state index is 14.2. The summed E-state index contributed by atoms with van der Waals surface area (Å²) in [6.45, 7) is -1.61. The quantitative estimate of drug-likeness (QED) is 0.0240. The molecule has 0 bridgehead atoms. The van der Waals surface area contributed by atoms with Crippen molar-refractivity contribution in [3.8, 4) is 0 Å². The summed E-state index contributed by atoms with van der Waals surface area (Å²) in [5.41, 5.74) is 22.2. The van der Waals surface area contributed by atoms with E-state index in [2.05, 4.69) is 36.9 Å². The summed E-state index contributed by atoms with van der Waals surface area (Å²) in [6, 6.07) is -6.64. The van der Waals surface area contributed by atoms with Gasteiger partial charge in [0.05, 0.1) is 25.2 Å². The topological polar surface area (TPSA) is 497 Å². The second-order valence-corrected chi connectivity index (χ2v) is 16.0. The highest BCUT2D eigenvalue weighted by Crippen LogP contribution is 2.10. The third-order valence-corrected chi connectivity index (χ3v) is 10.7. The molecule has 1 saturated heterocycles. The van der Waals surface area contributed by atoms with Crippen molar-refractivity contribution in [2.24, 2.45) is 27.9 Å². The van der Waals surface area contributed by atoms with Crippen molar-refractivity contribution in [3.05, 3.63) is 47.7 Å². The Kier molecular flexibility index (Phi) is 25.9. The van der Waals surface area contributed by atoms with Crippen LogP contribution in [0.5, 0.6) is 0 Å². The summed E-state index contributed by atoms with van der Waals surface area (Å²) in [4.78, 5) is 139. The smallest absolute Gasteiger partial charge is 0.335 e. The number of aliphatic carboxylic acids is 1. The van der Waals surface area contributed by atoms with Crippen LogP contribution in [0.25, 0.3) is 0 Å². The molecule has 22 N–H and O–H groups in total. The fraction of sp³-hybridized carbons (Fsp3) is 0.537. The van der Waals surface area contributed by atoms with Crippen LogP contribution in [0, 0.1) is 0 Å². The molecule has 1 unspecified atom stereocenters. The van der Waals surface area contributed by atoms with E-state index in [1.165, 1.54) is 6.92 Å². The minimum Gasteiger partial charge on any atom is -0.479 e. The van der Waals surface area contributed by atoms with E-state index in [1.807, 2.05) is 16.0 Å². The normalized spacial score (nSPS) is 25.5. The van der Waals surface area contributed by atoms with Gasteiger partial charge in [0, 0.05) is 13.0 Å². The number of allylic oxidation sites excluding steroid dienone is 1. The van der Waals surface area contributed by atoms with Crippen LogP contribution in [0.15, 0.2) is 47.1 Å². The first-order valence-electron chi connectivity index (χ1n) is 21.9. The van der Waals surface area contributed by atoms with Crippen molar-refractivity contribution < 1.29 is 73.5 Å². The number of carboxylic acid groups (broad SMARTS) is 1. The zero-order chi connectivity index (χ0) is 53.4. The maximum absolute atomic E-state index is 14.2. The molecule has 1 aliphatic rings. The van der Waals surface area contributed by atoms with Gasteiger partial charge in [-0.1, -0.05) is 36.4 Å². The number of guanidine groups is 1. The molecule has 1 heterocycles. The molecular formula is C41H63ClN14O15. The molecule has 0 aromatic heterocycles. The first kappa shape index (κ1) is 60.1. The highest BCUT2D eigenvalue weighted by molar-refractivity contribution is 6.18. The second-order valence-electron chi connectivity index (χ2n) is 15.7. The number of benzene rings is 1. The summed E-state index contributed by atoms with van der Waals surface area (Å²) in [6.07, 6.45) is -4.73. The van der Waals surface area contributed by atoms with E-state index in [0.29, 0.717) is 5.56 Å². The largest absolute Gasteiger partial charge is 0.479 e. The van der Waals surface area contributed by atoms with E-state index in [-0.39, 0.29) is 57.7 Å². The number of aliphatic hydroxyl groups excluding tert-OH is 4. The van der Waals surface area contributed by atoms with Crippen LogP contribution in [-0.4, -0.2) is 190 Å². The summed E-state index contributed by atoms with van der Waals surface area (Å²) in [5, 5.41) is 71.0. The van der Waals surface area contributed by atoms with E-state index in [1.54, 1.807) is 30.3 Å². The Morgan fingerprint density at radius 1 is 0.648 bits per heavy atom. The van der Waals surface area contributed by atoms with Gasteiger partial charge in [-0.05, 0) is 51.3 Å². The molecule has 9 amide bonds. The number of amides is 9.